The number of amides is 1. The van der Waals surface area contributed by atoms with Crippen molar-refractivity contribution in [3.05, 3.63) is 0 Å². The molecule has 0 aromatic rings. The predicted octanol–water partition coefficient (Wildman–Crippen LogP) is 0.625. The van der Waals surface area contributed by atoms with Crippen LogP contribution in [0.3, 0.4) is 0 Å². The van der Waals surface area contributed by atoms with E-state index in [0.29, 0.717) is 19.3 Å². The fourth-order valence-electron chi connectivity index (χ4n) is 2.15. The molecule has 3 N–H and O–H groups in total. The molecule has 1 saturated heterocycles. The second-order valence-electron chi connectivity index (χ2n) is 4.76. The normalized spacial score (nSPS) is 24.9. The van der Waals surface area contributed by atoms with Crippen LogP contribution in [0.5, 0.6) is 0 Å². The lowest BCUT2D eigenvalue weighted by molar-refractivity contribution is -0.0469. The number of nitrogens with zero attached hydrogens (tertiary/aromatic N) is 1. The molecule has 0 aromatic heterocycles. The quantitative estimate of drug-likeness (QED) is 0.620. The summed E-state index contributed by atoms with van der Waals surface area (Å²) in [7, 11) is 0. The van der Waals surface area contributed by atoms with Crippen LogP contribution in [-0.2, 0) is 4.74 Å². The van der Waals surface area contributed by atoms with Crippen molar-refractivity contribution in [2.75, 3.05) is 13.2 Å². The Labute approximate surface area is 101 Å². The number of aliphatic hydroxyl groups is 2. The lowest BCUT2D eigenvalue weighted by Gasteiger charge is -2.32. The Morgan fingerprint density at radius 1 is 1.53 bits per heavy atom. The van der Waals surface area contributed by atoms with Gasteiger partial charge in [-0.1, -0.05) is 0 Å². The first-order chi connectivity index (χ1) is 7.90. The Balaban J connectivity index is 2.60. The molecular weight excluding hydrogens is 226 g/mol. The molecule has 0 bridgehead atoms. The van der Waals surface area contributed by atoms with Gasteiger partial charge in [-0.15, -0.1) is 0 Å². The van der Waals surface area contributed by atoms with E-state index in [1.807, 2.05) is 0 Å². The van der Waals surface area contributed by atoms with Gasteiger partial charge < -0.3 is 20.1 Å². The Morgan fingerprint density at radius 2 is 2.18 bits per heavy atom. The average Bonchev–Trinajstić information content (AvgIpc) is 2.54. The van der Waals surface area contributed by atoms with Crippen molar-refractivity contribution in [1.82, 2.24) is 4.90 Å². The number of hydrogen-bond donors (Lipinski definition) is 3. The molecule has 1 amide bonds. The molecule has 1 rings (SSSR count). The number of aliphatic hydroxyl groups excluding tert-OH is 2. The fraction of sp³-hybridized carbons (Fsp3) is 0.909. The number of unbranched alkanes of at least 4 members (excludes halogenated alkanes) is 1. The Bertz CT molecular complexity index is 269. The van der Waals surface area contributed by atoms with Crippen LogP contribution < -0.4 is 0 Å². The molecule has 0 aliphatic carbocycles. The number of ether oxygens (including phenoxy) is 1. The van der Waals surface area contributed by atoms with Gasteiger partial charge in [-0.25, -0.2) is 4.79 Å². The van der Waals surface area contributed by atoms with Crippen molar-refractivity contribution in [3.8, 4) is 0 Å². The van der Waals surface area contributed by atoms with E-state index >= 15 is 0 Å². The van der Waals surface area contributed by atoms with Crippen molar-refractivity contribution < 1.29 is 24.9 Å². The fourth-order valence-corrected chi connectivity index (χ4v) is 2.15. The highest BCUT2D eigenvalue weighted by Gasteiger charge is 2.46. The van der Waals surface area contributed by atoms with Crippen LogP contribution in [0, 0.1) is 0 Å². The van der Waals surface area contributed by atoms with Crippen LogP contribution in [0.15, 0.2) is 0 Å². The number of carbonyl (C=O) groups is 1. The number of hydrogen-bond acceptors (Lipinski definition) is 4. The molecule has 6 nitrogen and oxygen atoms in total. The van der Waals surface area contributed by atoms with Gasteiger partial charge in [-0.2, -0.15) is 0 Å². The van der Waals surface area contributed by atoms with Gasteiger partial charge in [0.15, 0.2) is 0 Å². The minimum atomic E-state index is -1.08. The molecule has 0 spiro atoms. The van der Waals surface area contributed by atoms with E-state index in [1.165, 1.54) is 0 Å². The maximum atomic E-state index is 11.2. The molecular formula is C11H21NO5. The van der Waals surface area contributed by atoms with Crippen molar-refractivity contribution in [3.63, 3.8) is 0 Å². The van der Waals surface area contributed by atoms with Gasteiger partial charge in [0.1, 0.15) is 5.72 Å². The molecule has 6 heteroatoms. The zero-order valence-corrected chi connectivity index (χ0v) is 10.3. The first-order valence-corrected chi connectivity index (χ1v) is 5.85. The maximum Gasteiger partial charge on any atom is 0.409 e. The first kappa shape index (κ1) is 14.2. The van der Waals surface area contributed by atoms with E-state index in [0.717, 1.165) is 4.90 Å². The molecule has 2 atom stereocenters. The van der Waals surface area contributed by atoms with Crippen molar-refractivity contribution >= 4 is 6.09 Å². The molecule has 17 heavy (non-hydrogen) atoms. The van der Waals surface area contributed by atoms with Crippen LogP contribution >= 0.6 is 0 Å². The summed E-state index contributed by atoms with van der Waals surface area (Å²) in [6, 6.07) is -0.527. The van der Waals surface area contributed by atoms with Gasteiger partial charge in [0, 0.05) is 6.61 Å². The van der Waals surface area contributed by atoms with Crippen LogP contribution in [0.2, 0.25) is 0 Å². The molecule has 1 unspecified atom stereocenters. The standard InChI is InChI=1S/C11H21NO5/c1-11(2)12(10(15)16)8(7-17-11)9(14)5-3-4-6-13/h8-9,13-14H,3-7H2,1-2H3,(H,15,16)/t8-,9?/m0/s1. The Morgan fingerprint density at radius 3 is 2.71 bits per heavy atom. The van der Waals surface area contributed by atoms with Crippen molar-refractivity contribution in [2.45, 2.75) is 51.0 Å². The minimum Gasteiger partial charge on any atom is -0.465 e. The van der Waals surface area contributed by atoms with E-state index in [9.17, 15) is 9.90 Å². The summed E-state index contributed by atoms with van der Waals surface area (Å²) in [4.78, 5) is 12.3. The molecule has 0 radical (unpaired) electrons. The highest BCUT2D eigenvalue weighted by atomic mass is 16.5. The van der Waals surface area contributed by atoms with Gasteiger partial charge in [0.25, 0.3) is 0 Å². The monoisotopic (exact) mass is 247 g/mol. The van der Waals surface area contributed by atoms with Gasteiger partial charge in [0.2, 0.25) is 0 Å². The third-order valence-corrected chi connectivity index (χ3v) is 3.08. The summed E-state index contributed by atoms with van der Waals surface area (Å²) in [6.45, 7) is 3.63. The summed E-state index contributed by atoms with van der Waals surface area (Å²) >= 11 is 0. The second-order valence-corrected chi connectivity index (χ2v) is 4.76. The largest absolute Gasteiger partial charge is 0.465 e. The van der Waals surface area contributed by atoms with Crippen LogP contribution in [0.4, 0.5) is 4.79 Å². The molecule has 1 fully saturated rings. The number of rotatable bonds is 5. The topological polar surface area (TPSA) is 90.2 Å². The van der Waals surface area contributed by atoms with Crippen molar-refractivity contribution in [1.29, 1.82) is 0 Å². The Kier molecular flexibility index (Phi) is 4.73. The Hall–Kier alpha value is -0.850. The third kappa shape index (κ3) is 3.31. The molecule has 1 aliphatic rings. The SMILES string of the molecule is CC1(C)OC[C@@H](C(O)CCCCO)N1C(=O)O. The molecule has 0 saturated carbocycles. The van der Waals surface area contributed by atoms with E-state index in [1.54, 1.807) is 13.8 Å². The highest BCUT2D eigenvalue weighted by Crippen LogP contribution is 2.30. The van der Waals surface area contributed by atoms with Crippen LogP contribution in [0.25, 0.3) is 0 Å². The van der Waals surface area contributed by atoms with Gasteiger partial charge in [-0.3, -0.25) is 4.90 Å². The summed E-state index contributed by atoms with van der Waals surface area (Å²) < 4.78 is 5.39. The second kappa shape index (κ2) is 5.66. The van der Waals surface area contributed by atoms with Gasteiger partial charge in [0.05, 0.1) is 18.8 Å². The summed E-state index contributed by atoms with van der Waals surface area (Å²) in [6.07, 6.45) is -0.0874. The van der Waals surface area contributed by atoms with E-state index in [4.69, 9.17) is 14.9 Å². The van der Waals surface area contributed by atoms with Crippen molar-refractivity contribution in [2.24, 2.45) is 0 Å². The summed E-state index contributed by atoms with van der Waals surface area (Å²) in [5.74, 6) is 0. The number of carboxylic acid groups (broad SMARTS) is 1. The predicted molar refractivity (Wildman–Crippen MR) is 60.6 cm³/mol. The summed E-state index contributed by atoms with van der Waals surface area (Å²) in [5.41, 5.74) is -0.894. The van der Waals surface area contributed by atoms with Crippen LogP contribution in [0.1, 0.15) is 33.1 Å². The smallest absolute Gasteiger partial charge is 0.409 e. The summed E-state index contributed by atoms with van der Waals surface area (Å²) in [5, 5.41) is 27.8. The first-order valence-electron chi connectivity index (χ1n) is 5.85. The maximum absolute atomic E-state index is 11.2. The van der Waals surface area contributed by atoms with E-state index < -0.39 is 24.0 Å². The minimum absolute atomic E-state index is 0.0853. The van der Waals surface area contributed by atoms with Crippen LogP contribution in [-0.4, -0.2) is 57.4 Å². The zero-order valence-electron chi connectivity index (χ0n) is 10.3. The van der Waals surface area contributed by atoms with E-state index in [2.05, 4.69) is 0 Å². The molecule has 1 heterocycles. The van der Waals surface area contributed by atoms with Gasteiger partial charge in [-0.05, 0) is 33.1 Å². The highest BCUT2D eigenvalue weighted by molar-refractivity contribution is 5.66. The average molecular weight is 247 g/mol. The lowest BCUT2D eigenvalue weighted by atomic mass is 10.0. The lowest BCUT2D eigenvalue weighted by Crippen LogP contribution is -2.51. The third-order valence-electron chi connectivity index (χ3n) is 3.08. The zero-order chi connectivity index (χ0) is 13.1. The molecule has 100 valence electrons. The molecule has 1 aliphatic heterocycles. The van der Waals surface area contributed by atoms with Gasteiger partial charge >= 0.3 is 6.09 Å². The molecule has 0 aromatic carbocycles. The van der Waals surface area contributed by atoms with E-state index in [-0.39, 0.29) is 13.2 Å².